The molecule has 0 saturated heterocycles. The van der Waals surface area contributed by atoms with Gasteiger partial charge in [-0.25, -0.2) is 18.6 Å². The lowest BCUT2D eigenvalue weighted by Gasteiger charge is -2.19. The van der Waals surface area contributed by atoms with E-state index in [4.69, 9.17) is 9.47 Å². The zero-order valence-corrected chi connectivity index (χ0v) is 20.3. The molecule has 0 spiro atoms. The number of benzene rings is 1. The lowest BCUT2D eigenvalue weighted by molar-refractivity contribution is 0.0527. The number of guanidine groups is 1. The predicted octanol–water partition coefficient (Wildman–Crippen LogP) is 3.92. The molecule has 0 atom stereocenters. The van der Waals surface area contributed by atoms with E-state index in [0.717, 1.165) is 5.56 Å². The summed E-state index contributed by atoms with van der Waals surface area (Å²) < 4.78 is 34.7. The molecule has 10 heteroatoms. The van der Waals surface area contributed by atoms with Crippen LogP contribution in [0.25, 0.3) is 0 Å². The fourth-order valence-electron chi connectivity index (χ4n) is 2.20. The van der Waals surface area contributed by atoms with Crippen LogP contribution in [0.2, 0.25) is 0 Å². The van der Waals surface area contributed by atoms with Crippen molar-refractivity contribution in [3.63, 3.8) is 0 Å². The maximum Gasteiger partial charge on any atom is 0.407 e. The summed E-state index contributed by atoms with van der Waals surface area (Å²) in [6.45, 7) is 8.92. The number of aliphatic imine (C=N–C) groups is 1. The van der Waals surface area contributed by atoms with E-state index in [0.29, 0.717) is 44.3 Å². The minimum Gasteiger partial charge on any atom is -0.488 e. The fourth-order valence-corrected chi connectivity index (χ4v) is 2.20. The van der Waals surface area contributed by atoms with Gasteiger partial charge in [0.05, 0.1) is 6.54 Å². The Balaban J connectivity index is 0.00000841. The van der Waals surface area contributed by atoms with Gasteiger partial charge in [-0.05, 0) is 51.8 Å². The molecule has 1 amide bonds. The van der Waals surface area contributed by atoms with Crippen LogP contribution in [0.4, 0.5) is 13.6 Å². The Bertz CT molecular complexity index is 655. The van der Waals surface area contributed by atoms with Crippen molar-refractivity contribution in [1.29, 1.82) is 0 Å². The van der Waals surface area contributed by atoms with Gasteiger partial charge in [-0.1, -0.05) is 12.1 Å². The van der Waals surface area contributed by atoms with Crippen molar-refractivity contribution in [2.24, 2.45) is 4.99 Å². The lowest BCUT2D eigenvalue weighted by Crippen LogP contribution is -2.39. The van der Waals surface area contributed by atoms with Crippen LogP contribution in [0.5, 0.6) is 5.75 Å². The Morgan fingerprint density at radius 1 is 1.17 bits per heavy atom. The Hall–Kier alpha value is -1.85. The number of amides is 1. The topological polar surface area (TPSA) is 84.0 Å². The molecule has 3 N–H and O–H groups in total. The first-order valence-corrected chi connectivity index (χ1v) is 9.68. The average Bonchev–Trinajstić information content (AvgIpc) is 2.63. The zero-order valence-electron chi connectivity index (χ0n) is 18.0. The molecule has 7 nitrogen and oxygen atoms in total. The normalized spacial score (nSPS) is 11.5. The van der Waals surface area contributed by atoms with E-state index in [-0.39, 0.29) is 24.0 Å². The highest BCUT2D eigenvalue weighted by molar-refractivity contribution is 14.0. The minimum absolute atomic E-state index is 0. The molecular weight excluding hydrogens is 509 g/mol. The predicted molar refractivity (Wildman–Crippen MR) is 125 cm³/mol. The molecule has 1 aromatic rings. The van der Waals surface area contributed by atoms with Gasteiger partial charge in [0.25, 0.3) is 6.43 Å². The van der Waals surface area contributed by atoms with Crippen LogP contribution in [0.15, 0.2) is 29.3 Å². The largest absolute Gasteiger partial charge is 0.488 e. The van der Waals surface area contributed by atoms with E-state index < -0.39 is 24.7 Å². The van der Waals surface area contributed by atoms with Gasteiger partial charge in [0.1, 0.15) is 18.0 Å². The van der Waals surface area contributed by atoms with Crippen LogP contribution >= 0.6 is 24.0 Å². The number of halogens is 3. The molecule has 0 unspecified atom stereocenters. The molecule has 0 aliphatic heterocycles. The second kappa shape index (κ2) is 15.0. The number of ether oxygens (including phenoxy) is 2. The molecule has 0 radical (unpaired) electrons. The minimum atomic E-state index is -2.51. The molecule has 0 aromatic heterocycles. The average molecular weight is 542 g/mol. The molecule has 0 saturated carbocycles. The van der Waals surface area contributed by atoms with Crippen molar-refractivity contribution in [1.82, 2.24) is 16.0 Å². The fraction of sp³-hybridized carbons (Fsp3) is 0.600. The number of nitrogens with zero attached hydrogens (tertiary/aromatic N) is 1. The van der Waals surface area contributed by atoms with Gasteiger partial charge in [-0.15, -0.1) is 24.0 Å². The number of carbonyl (C=O) groups is 1. The number of rotatable bonds is 10. The summed E-state index contributed by atoms with van der Waals surface area (Å²) in [6.07, 6.45) is -2.25. The standard InChI is InChI=1S/C20H32F2N4O3.HI/c1-5-23-18(24-10-7-11-25-19(27)29-20(2,3)4)26-13-15-8-6-9-16(12-15)28-14-17(21)22;/h6,8-9,12,17H,5,7,10-11,13-14H2,1-4H3,(H,25,27)(H2,23,24,26);1H. The number of alkyl carbamates (subject to hydrolysis) is 1. The van der Waals surface area contributed by atoms with Crippen LogP contribution in [0.3, 0.4) is 0 Å². The highest BCUT2D eigenvalue weighted by Crippen LogP contribution is 2.15. The summed E-state index contributed by atoms with van der Waals surface area (Å²) in [5.74, 6) is 1.02. The van der Waals surface area contributed by atoms with E-state index in [1.54, 1.807) is 18.2 Å². The maximum atomic E-state index is 12.3. The third kappa shape index (κ3) is 14.2. The van der Waals surface area contributed by atoms with Gasteiger partial charge in [0.15, 0.2) is 5.96 Å². The number of carbonyl (C=O) groups excluding carboxylic acids is 1. The van der Waals surface area contributed by atoms with Crippen LogP contribution in [0.1, 0.15) is 39.7 Å². The van der Waals surface area contributed by atoms with Crippen LogP contribution in [0, 0.1) is 0 Å². The molecular formula is C20H33F2IN4O3. The van der Waals surface area contributed by atoms with Crippen LogP contribution in [-0.4, -0.2) is 50.3 Å². The second-order valence-electron chi connectivity index (χ2n) is 7.25. The molecule has 30 heavy (non-hydrogen) atoms. The summed E-state index contributed by atoms with van der Waals surface area (Å²) in [5, 5.41) is 9.02. The van der Waals surface area contributed by atoms with Gasteiger partial charge >= 0.3 is 6.09 Å². The zero-order chi connectivity index (χ0) is 21.7. The second-order valence-corrected chi connectivity index (χ2v) is 7.25. The monoisotopic (exact) mass is 542 g/mol. The Morgan fingerprint density at radius 2 is 1.87 bits per heavy atom. The number of alkyl halides is 2. The molecule has 0 heterocycles. The van der Waals surface area contributed by atoms with Gasteiger partial charge in [-0.2, -0.15) is 0 Å². The maximum absolute atomic E-state index is 12.3. The molecule has 1 aromatic carbocycles. The van der Waals surface area contributed by atoms with Gasteiger partial charge in [0, 0.05) is 19.6 Å². The summed E-state index contributed by atoms with van der Waals surface area (Å²) in [4.78, 5) is 16.1. The van der Waals surface area contributed by atoms with E-state index in [1.165, 1.54) is 0 Å². The Kier molecular flexibility index (Phi) is 14.1. The quantitative estimate of drug-likeness (QED) is 0.181. The van der Waals surface area contributed by atoms with E-state index in [9.17, 15) is 13.6 Å². The van der Waals surface area contributed by atoms with Gasteiger partial charge in [-0.3, -0.25) is 0 Å². The Labute approximate surface area is 194 Å². The summed E-state index contributed by atoms with van der Waals surface area (Å²) in [6, 6.07) is 6.93. The van der Waals surface area contributed by atoms with E-state index >= 15 is 0 Å². The lowest BCUT2D eigenvalue weighted by atomic mass is 10.2. The van der Waals surface area contributed by atoms with Gasteiger partial charge in [0.2, 0.25) is 0 Å². The number of nitrogens with one attached hydrogen (secondary N) is 3. The third-order valence-corrected chi connectivity index (χ3v) is 3.35. The van der Waals surface area contributed by atoms with Crippen molar-refractivity contribution in [2.75, 3.05) is 26.2 Å². The van der Waals surface area contributed by atoms with Crippen molar-refractivity contribution in [2.45, 2.75) is 52.7 Å². The first kappa shape index (κ1) is 28.1. The summed E-state index contributed by atoms with van der Waals surface area (Å²) in [7, 11) is 0. The SMILES string of the molecule is CCNC(=NCc1cccc(OCC(F)F)c1)NCCCNC(=O)OC(C)(C)C.I. The van der Waals surface area contributed by atoms with E-state index in [2.05, 4.69) is 20.9 Å². The highest BCUT2D eigenvalue weighted by Gasteiger charge is 2.15. The smallest absolute Gasteiger partial charge is 0.407 e. The van der Waals surface area contributed by atoms with Crippen molar-refractivity contribution < 1.29 is 23.0 Å². The first-order valence-electron chi connectivity index (χ1n) is 9.68. The molecule has 172 valence electrons. The van der Waals surface area contributed by atoms with Crippen molar-refractivity contribution in [3.8, 4) is 5.75 Å². The number of hydrogen-bond donors (Lipinski definition) is 3. The molecule has 0 aliphatic carbocycles. The van der Waals surface area contributed by atoms with Crippen LogP contribution < -0.4 is 20.7 Å². The molecule has 0 bridgehead atoms. The molecule has 0 aliphatic rings. The third-order valence-electron chi connectivity index (χ3n) is 3.35. The summed E-state index contributed by atoms with van der Waals surface area (Å²) in [5.41, 5.74) is 0.329. The summed E-state index contributed by atoms with van der Waals surface area (Å²) >= 11 is 0. The van der Waals surface area contributed by atoms with E-state index in [1.807, 2.05) is 33.8 Å². The van der Waals surface area contributed by atoms with Gasteiger partial charge < -0.3 is 25.4 Å². The van der Waals surface area contributed by atoms with Crippen molar-refractivity contribution >= 4 is 36.0 Å². The molecule has 0 fully saturated rings. The van der Waals surface area contributed by atoms with Crippen LogP contribution in [-0.2, 0) is 11.3 Å². The molecule has 1 rings (SSSR count). The number of hydrogen-bond acceptors (Lipinski definition) is 4. The highest BCUT2D eigenvalue weighted by atomic mass is 127. The Morgan fingerprint density at radius 3 is 2.50 bits per heavy atom. The van der Waals surface area contributed by atoms with Crippen molar-refractivity contribution in [3.05, 3.63) is 29.8 Å². The first-order chi connectivity index (χ1) is 13.7.